The average Bonchev–Trinajstić information content (AvgIpc) is 2.70. The minimum absolute atomic E-state index is 0.0457. The number of H-pyrrole nitrogens is 1. The van der Waals surface area contributed by atoms with Crippen LogP contribution in [0.4, 0.5) is 11.5 Å². The molecule has 0 radical (unpaired) electrons. The highest BCUT2D eigenvalue weighted by atomic mass is 35.5. The minimum atomic E-state index is -3.89. The molecule has 0 aliphatic heterocycles. The lowest BCUT2D eigenvalue weighted by Gasteiger charge is -2.11. The lowest BCUT2D eigenvalue weighted by molar-refractivity contribution is 0.601. The molecule has 102 valence electrons. The van der Waals surface area contributed by atoms with Crippen LogP contribution in [0.1, 0.15) is 5.56 Å². The molecule has 0 atom stereocenters. The van der Waals surface area contributed by atoms with E-state index in [0.717, 1.165) is 6.20 Å². The van der Waals surface area contributed by atoms with E-state index in [0.29, 0.717) is 5.56 Å². The molecule has 0 saturated heterocycles. The van der Waals surface area contributed by atoms with Crippen molar-refractivity contribution >= 4 is 44.7 Å². The average molecular weight is 322 g/mol. The Morgan fingerprint density at radius 1 is 1.42 bits per heavy atom. The number of aromatic amines is 1. The standard InChI is InChI=1S/C9H9Cl2N5O2S/c1-4-2-6(10)14-8(11)7(4)16-19(17,18)5-3-13-15-9(5)12/h2-3,16H,1H3,(H3,12,13,15). The second-order valence-electron chi connectivity index (χ2n) is 3.68. The zero-order valence-electron chi connectivity index (χ0n) is 9.61. The molecule has 0 unspecified atom stereocenters. The van der Waals surface area contributed by atoms with E-state index in [-0.39, 0.29) is 26.7 Å². The van der Waals surface area contributed by atoms with Gasteiger partial charge in [-0.15, -0.1) is 0 Å². The fraction of sp³-hybridized carbons (Fsp3) is 0.111. The zero-order valence-corrected chi connectivity index (χ0v) is 11.9. The van der Waals surface area contributed by atoms with Crippen molar-refractivity contribution in [3.63, 3.8) is 0 Å². The molecular formula is C9H9Cl2N5O2S. The molecule has 10 heteroatoms. The highest BCUT2D eigenvalue weighted by molar-refractivity contribution is 7.92. The van der Waals surface area contributed by atoms with Gasteiger partial charge in [0.15, 0.2) is 5.15 Å². The van der Waals surface area contributed by atoms with Gasteiger partial charge in [-0.1, -0.05) is 23.2 Å². The highest BCUT2D eigenvalue weighted by Crippen LogP contribution is 2.29. The molecule has 0 spiro atoms. The molecule has 0 aromatic carbocycles. The van der Waals surface area contributed by atoms with Gasteiger partial charge in [0, 0.05) is 0 Å². The Kier molecular flexibility index (Phi) is 3.57. The number of hydrogen-bond donors (Lipinski definition) is 3. The molecule has 0 bridgehead atoms. The van der Waals surface area contributed by atoms with Crippen molar-refractivity contribution in [1.29, 1.82) is 0 Å². The molecule has 2 aromatic heterocycles. The number of halogens is 2. The predicted octanol–water partition coefficient (Wildman–Crippen LogP) is 1.80. The Morgan fingerprint density at radius 3 is 2.63 bits per heavy atom. The van der Waals surface area contributed by atoms with Crippen molar-refractivity contribution in [2.24, 2.45) is 0 Å². The van der Waals surface area contributed by atoms with E-state index in [9.17, 15) is 8.42 Å². The second-order valence-corrected chi connectivity index (χ2v) is 6.08. The zero-order chi connectivity index (χ0) is 14.2. The van der Waals surface area contributed by atoms with Crippen LogP contribution in [-0.2, 0) is 10.0 Å². The van der Waals surface area contributed by atoms with Crippen LogP contribution < -0.4 is 10.5 Å². The number of nitrogens with two attached hydrogens (primary N) is 1. The number of anilines is 2. The summed E-state index contributed by atoms with van der Waals surface area (Å²) in [5, 5.41) is 6.02. The fourth-order valence-corrected chi connectivity index (χ4v) is 3.20. The van der Waals surface area contributed by atoms with Crippen molar-refractivity contribution in [2.45, 2.75) is 11.8 Å². The Balaban J connectivity index is 2.45. The quantitative estimate of drug-likeness (QED) is 0.746. The predicted molar refractivity (Wildman–Crippen MR) is 72.8 cm³/mol. The normalized spacial score (nSPS) is 11.5. The van der Waals surface area contributed by atoms with E-state index in [1.54, 1.807) is 6.92 Å². The van der Waals surface area contributed by atoms with Gasteiger partial charge in [-0.3, -0.25) is 9.82 Å². The first-order valence-electron chi connectivity index (χ1n) is 4.95. The first-order valence-corrected chi connectivity index (χ1v) is 7.19. The smallest absolute Gasteiger partial charge is 0.267 e. The Morgan fingerprint density at radius 2 is 2.11 bits per heavy atom. The Labute approximate surface area is 119 Å². The summed E-state index contributed by atoms with van der Waals surface area (Å²) in [6.45, 7) is 1.65. The van der Waals surface area contributed by atoms with Crippen molar-refractivity contribution in [3.05, 3.63) is 28.1 Å². The third kappa shape index (κ3) is 2.75. The number of aryl methyl sites for hydroxylation is 1. The summed E-state index contributed by atoms with van der Waals surface area (Å²) in [5.74, 6) is -0.0665. The summed E-state index contributed by atoms with van der Waals surface area (Å²) in [6, 6.07) is 1.49. The highest BCUT2D eigenvalue weighted by Gasteiger charge is 2.22. The van der Waals surface area contributed by atoms with E-state index in [1.807, 2.05) is 0 Å². The molecule has 0 saturated carbocycles. The van der Waals surface area contributed by atoms with Crippen molar-refractivity contribution in [2.75, 3.05) is 10.5 Å². The van der Waals surface area contributed by atoms with Gasteiger partial charge >= 0.3 is 0 Å². The number of hydrogen-bond acceptors (Lipinski definition) is 5. The van der Waals surface area contributed by atoms with E-state index < -0.39 is 10.0 Å². The monoisotopic (exact) mass is 321 g/mol. The molecule has 2 aromatic rings. The van der Waals surface area contributed by atoms with Crippen LogP contribution in [0, 0.1) is 6.92 Å². The van der Waals surface area contributed by atoms with E-state index in [1.165, 1.54) is 6.07 Å². The topological polar surface area (TPSA) is 114 Å². The van der Waals surface area contributed by atoms with Crippen LogP contribution in [0.3, 0.4) is 0 Å². The molecule has 19 heavy (non-hydrogen) atoms. The summed E-state index contributed by atoms with van der Waals surface area (Å²) in [7, 11) is -3.89. The largest absolute Gasteiger partial charge is 0.383 e. The summed E-state index contributed by atoms with van der Waals surface area (Å²) in [4.78, 5) is 3.60. The molecular weight excluding hydrogens is 313 g/mol. The molecule has 2 rings (SSSR count). The van der Waals surface area contributed by atoms with Crippen LogP contribution in [0.15, 0.2) is 17.2 Å². The van der Waals surface area contributed by atoms with Gasteiger partial charge in [0.25, 0.3) is 10.0 Å². The van der Waals surface area contributed by atoms with Crippen LogP contribution in [0.25, 0.3) is 0 Å². The van der Waals surface area contributed by atoms with Gasteiger partial charge in [0.05, 0.1) is 11.9 Å². The third-order valence-electron chi connectivity index (χ3n) is 2.30. The molecule has 7 nitrogen and oxygen atoms in total. The number of sulfonamides is 1. The van der Waals surface area contributed by atoms with Gasteiger partial charge in [-0.25, -0.2) is 13.4 Å². The number of nitrogen functional groups attached to an aromatic ring is 1. The SMILES string of the molecule is Cc1cc(Cl)nc(Cl)c1NS(=O)(=O)c1cn[nH]c1N. The second kappa shape index (κ2) is 4.87. The van der Waals surface area contributed by atoms with Gasteiger partial charge in [-0.05, 0) is 18.6 Å². The van der Waals surface area contributed by atoms with E-state index >= 15 is 0 Å². The number of rotatable bonds is 3. The first-order chi connectivity index (χ1) is 8.81. The van der Waals surface area contributed by atoms with Crippen LogP contribution in [0.2, 0.25) is 10.3 Å². The van der Waals surface area contributed by atoms with Gasteiger partial charge in [-0.2, -0.15) is 5.10 Å². The summed E-state index contributed by atoms with van der Waals surface area (Å²) < 4.78 is 26.5. The fourth-order valence-electron chi connectivity index (χ4n) is 1.41. The van der Waals surface area contributed by atoms with Crippen LogP contribution in [-0.4, -0.2) is 23.6 Å². The Bertz CT molecular complexity index is 705. The van der Waals surface area contributed by atoms with E-state index in [2.05, 4.69) is 19.9 Å². The maximum Gasteiger partial charge on any atom is 0.267 e. The molecule has 0 aliphatic carbocycles. The molecule has 2 heterocycles. The first kappa shape index (κ1) is 13.9. The van der Waals surface area contributed by atoms with Crippen molar-refractivity contribution in [3.8, 4) is 0 Å². The minimum Gasteiger partial charge on any atom is -0.383 e. The lowest BCUT2D eigenvalue weighted by Crippen LogP contribution is -2.15. The maximum atomic E-state index is 12.1. The maximum absolute atomic E-state index is 12.1. The van der Waals surface area contributed by atoms with Crippen LogP contribution >= 0.6 is 23.2 Å². The number of nitrogens with one attached hydrogen (secondary N) is 2. The Hall–Kier alpha value is -1.51. The molecule has 4 N–H and O–H groups in total. The summed E-state index contributed by atoms with van der Waals surface area (Å²) >= 11 is 11.6. The van der Waals surface area contributed by atoms with E-state index in [4.69, 9.17) is 28.9 Å². The van der Waals surface area contributed by atoms with Crippen molar-refractivity contribution in [1.82, 2.24) is 15.2 Å². The molecule has 0 amide bonds. The number of pyridine rings is 1. The van der Waals surface area contributed by atoms with Gasteiger partial charge in [0.2, 0.25) is 0 Å². The lowest BCUT2D eigenvalue weighted by atomic mass is 10.3. The molecule has 0 fully saturated rings. The summed E-state index contributed by atoms with van der Waals surface area (Å²) in [5.41, 5.74) is 6.16. The molecule has 0 aliphatic rings. The number of aromatic nitrogens is 3. The van der Waals surface area contributed by atoms with Gasteiger partial charge < -0.3 is 5.73 Å². The van der Waals surface area contributed by atoms with Crippen LogP contribution in [0.5, 0.6) is 0 Å². The van der Waals surface area contributed by atoms with Crippen molar-refractivity contribution < 1.29 is 8.42 Å². The third-order valence-corrected chi connectivity index (χ3v) is 4.14. The summed E-state index contributed by atoms with van der Waals surface area (Å²) in [6.07, 6.45) is 1.10. The van der Waals surface area contributed by atoms with Gasteiger partial charge in [0.1, 0.15) is 15.9 Å². The number of nitrogens with zero attached hydrogens (tertiary/aromatic N) is 2.